The third-order valence-corrected chi connectivity index (χ3v) is 8.91. The van der Waals surface area contributed by atoms with Gasteiger partial charge >= 0.3 is 7.60 Å². The molecule has 0 bridgehead atoms. The molecule has 0 aliphatic heterocycles. The lowest BCUT2D eigenvalue weighted by Crippen LogP contribution is -1.98. The summed E-state index contributed by atoms with van der Waals surface area (Å²) in [4.78, 5) is 9.31. The Labute approximate surface area is 196 Å². The average molecular weight is 504 g/mol. The SMILES string of the molecule is COP(=O)(Cc1ccc(Nc2ncc3scc(-c4cccc(S(C)(=O)=O)c4)c3n2)cc1)OC. The molecule has 0 aliphatic carbocycles. The molecule has 33 heavy (non-hydrogen) atoms. The van der Waals surface area contributed by atoms with Gasteiger partial charge in [-0.2, -0.15) is 0 Å². The van der Waals surface area contributed by atoms with Crippen molar-refractivity contribution in [1.29, 1.82) is 0 Å². The summed E-state index contributed by atoms with van der Waals surface area (Å²) >= 11 is 1.50. The van der Waals surface area contributed by atoms with Gasteiger partial charge < -0.3 is 14.4 Å². The van der Waals surface area contributed by atoms with Crippen molar-refractivity contribution >= 4 is 50.6 Å². The van der Waals surface area contributed by atoms with Crippen LogP contribution in [-0.2, 0) is 29.6 Å². The molecule has 8 nitrogen and oxygen atoms in total. The van der Waals surface area contributed by atoms with E-state index in [9.17, 15) is 13.0 Å². The number of fused-ring (bicyclic) bond motifs is 1. The Morgan fingerprint density at radius 1 is 1.09 bits per heavy atom. The number of nitrogens with one attached hydrogen (secondary N) is 1. The van der Waals surface area contributed by atoms with Gasteiger partial charge in [-0.3, -0.25) is 4.57 Å². The number of aromatic nitrogens is 2. The summed E-state index contributed by atoms with van der Waals surface area (Å²) in [5, 5.41) is 5.12. The fourth-order valence-corrected chi connectivity index (χ4v) is 5.84. The van der Waals surface area contributed by atoms with Gasteiger partial charge in [0.2, 0.25) is 5.95 Å². The van der Waals surface area contributed by atoms with Crippen LogP contribution in [0, 0.1) is 0 Å². The molecule has 2 aromatic heterocycles. The number of benzene rings is 2. The molecule has 1 N–H and O–H groups in total. The monoisotopic (exact) mass is 503 g/mol. The maximum Gasteiger partial charge on any atom is 0.334 e. The first-order chi connectivity index (χ1) is 15.7. The topological polar surface area (TPSA) is 107 Å². The number of nitrogens with zero attached hydrogens (tertiary/aromatic N) is 2. The number of hydrogen-bond acceptors (Lipinski definition) is 9. The minimum Gasteiger partial charge on any atom is -0.324 e. The van der Waals surface area contributed by atoms with E-state index < -0.39 is 17.4 Å². The predicted molar refractivity (Wildman–Crippen MR) is 131 cm³/mol. The van der Waals surface area contributed by atoms with Gasteiger partial charge in [-0.15, -0.1) is 11.3 Å². The van der Waals surface area contributed by atoms with E-state index in [1.165, 1.54) is 31.8 Å². The summed E-state index contributed by atoms with van der Waals surface area (Å²) in [6, 6.07) is 14.2. The highest BCUT2D eigenvalue weighted by Crippen LogP contribution is 2.49. The number of hydrogen-bond donors (Lipinski definition) is 1. The molecular weight excluding hydrogens is 481 g/mol. The Morgan fingerprint density at radius 2 is 1.82 bits per heavy atom. The molecule has 0 fully saturated rings. The molecule has 2 heterocycles. The fraction of sp³-hybridized carbons (Fsp3) is 0.182. The second-order valence-corrected chi connectivity index (χ2v) is 12.5. The molecule has 11 heteroatoms. The van der Waals surface area contributed by atoms with E-state index in [1.54, 1.807) is 24.4 Å². The van der Waals surface area contributed by atoms with Gasteiger partial charge in [0.15, 0.2) is 9.84 Å². The molecule has 0 saturated carbocycles. The normalized spacial score (nSPS) is 12.2. The zero-order valence-corrected chi connectivity index (χ0v) is 20.7. The predicted octanol–water partition coefficient (Wildman–Crippen LogP) is 5.49. The number of sulfone groups is 1. The van der Waals surface area contributed by atoms with Crippen LogP contribution in [0.5, 0.6) is 0 Å². The van der Waals surface area contributed by atoms with Crippen molar-refractivity contribution in [2.45, 2.75) is 11.1 Å². The van der Waals surface area contributed by atoms with Gasteiger partial charge in [-0.1, -0.05) is 24.3 Å². The van der Waals surface area contributed by atoms with Crippen molar-refractivity contribution in [3.05, 3.63) is 65.7 Å². The third-order valence-electron chi connectivity index (χ3n) is 5.03. The molecule has 0 amide bonds. The van der Waals surface area contributed by atoms with Gasteiger partial charge in [-0.25, -0.2) is 18.4 Å². The van der Waals surface area contributed by atoms with Crippen LogP contribution < -0.4 is 5.32 Å². The molecule has 2 aromatic carbocycles. The quantitative estimate of drug-likeness (QED) is 0.315. The Morgan fingerprint density at radius 3 is 2.48 bits per heavy atom. The smallest absolute Gasteiger partial charge is 0.324 e. The minimum absolute atomic E-state index is 0.174. The van der Waals surface area contributed by atoms with Crippen molar-refractivity contribution in [1.82, 2.24) is 9.97 Å². The Kier molecular flexibility index (Phi) is 6.65. The van der Waals surface area contributed by atoms with Crippen molar-refractivity contribution in [2.24, 2.45) is 0 Å². The molecule has 0 spiro atoms. The van der Waals surface area contributed by atoms with E-state index in [0.29, 0.717) is 5.95 Å². The van der Waals surface area contributed by atoms with Crippen LogP contribution in [0.4, 0.5) is 11.6 Å². The van der Waals surface area contributed by atoms with Crippen LogP contribution in [0.25, 0.3) is 21.3 Å². The van der Waals surface area contributed by atoms with Crippen molar-refractivity contribution in [3.8, 4) is 11.1 Å². The van der Waals surface area contributed by atoms with Gasteiger partial charge in [0.1, 0.15) is 0 Å². The number of anilines is 2. The van der Waals surface area contributed by atoms with Crippen molar-refractivity contribution < 1.29 is 22.0 Å². The van der Waals surface area contributed by atoms with Gasteiger partial charge in [0, 0.05) is 37.1 Å². The second kappa shape index (κ2) is 9.32. The van der Waals surface area contributed by atoms with Crippen LogP contribution in [0.1, 0.15) is 5.56 Å². The van der Waals surface area contributed by atoms with E-state index in [-0.39, 0.29) is 11.1 Å². The van der Waals surface area contributed by atoms with Crippen LogP contribution in [0.15, 0.2) is 65.0 Å². The van der Waals surface area contributed by atoms with E-state index in [1.807, 2.05) is 35.7 Å². The van der Waals surface area contributed by atoms with E-state index >= 15 is 0 Å². The Balaban J connectivity index is 1.60. The van der Waals surface area contributed by atoms with Crippen LogP contribution in [-0.4, -0.2) is 38.9 Å². The highest BCUT2D eigenvalue weighted by Gasteiger charge is 2.21. The molecule has 0 unspecified atom stereocenters. The van der Waals surface area contributed by atoms with Crippen LogP contribution in [0.2, 0.25) is 0 Å². The standard InChI is InChI=1S/C22H22N3O5PS2/c1-29-31(26,30-2)13-15-7-9-17(10-8-15)24-22-23-12-20-21(25-22)19(14-32-20)16-5-4-6-18(11-16)33(3,27)28/h4-12,14H,13H2,1-3H3,(H,23,24,25). The van der Waals surface area contributed by atoms with E-state index in [2.05, 4.69) is 15.3 Å². The largest absolute Gasteiger partial charge is 0.334 e. The molecule has 0 aliphatic rings. The van der Waals surface area contributed by atoms with E-state index in [4.69, 9.17) is 9.05 Å². The maximum atomic E-state index is 12.3. The summed E-state index contributed by atoms with van der Waals surface area (Å²) in [6.45, 7) is 0. The van der Waals surface area contributed by atoms with Crippen LogP contribution >= 0.6 is 18.9 Å². The highest BCUT2D eigenvalue weighted by atomic mass is 32.2. The summed E-state index contributed by atoms with van der Waals surface area (Å²) < 4.78 is 47.1. The lowest BCUT2D eigenvalue weighted by molar-refractivity contribution is 0.275. The molecule has 0 radical (unpaired) electrons. The third kappa shape index (κ3) is 5.31. The van der Waals surface area contributed by atoms with Gasteiger partial charge in [0.25, 0.3) is 0 Å². The molecule has 0 saturated heterocycles. The van der Waals surface area contributed by atoms with E-state index in [0.717, 1.165) is 32.6 Å². The maximum absolute atomic E-state index is 12.3. The number of rotatable bonds is 8. The first-order valence-electron chi connectivity index (χ1n) is 9.82. The molecule has 0 atom stereocenters. The fourth-order valence-electron chi connectivity index (χ4n) is 3.24. The molecule has 4 aromatic rings. The first-order valence-corrected chi connectivity index (χ1v) is 14.3. The van der Waals surface area contributed by atoms with Crippen LogP contribution in [0.3, 0.4) is 0 Å². The minimum atomic E-state index is -3.31. The summed E-state index contributed by atoms with van der Waals surface area (Å²) in [7, 11) is -3.72. The zero-order valence-electron chi connectivity index (χ0n) is 18.2. The summed E-state index contributed by atoms with van der Waals surface area (Å²) in [5.41, 5.74) is 3.93. The van der Waals surface area contributed by atoms with Gasteiger partial charge in [-0.05, 0) is 35.4 Å². The molecule has 172 valence electrons. The molecule has 4 rings (SSSR count). The second-order valence-electron chi connectivity index (χ2n) is 7.31. The Bertz CT molecular complexity index is 1440. The summed E-state index contributed by atoms with van der Waals surface area (Å²) in [6.07, 6.45) is 3.10. The van der Waals surface area contributed by atoms with Crippen molar-refractivity contribution in [3.63, 3.8) is 0 Å². The number of thiophene rings is 1. The first kappa shape index (κ1) is 23.5. The highest BCUT2D eigenvalue weighted by molar-refractivity contribution is 7.90. The lowest BCUT2D eigenvalue weighted by Gasteiger charge is -2.13. The zero-order chi connectivity index (χ0) is 23.6. The lowest BCUT2D eigenvalue weighted by atomic mass is 10.1. The summed E-state index contributed by atoms with van der Waals surface area (Å²) in [5.74, 6) is 0.411. The molecular formula is C22H22N3O5PS2. The van der Waals surface area contributed by atoms with Crippen molar-refractivity contribution in [2.75, 3.05) is 25.8 Å². The van der Waals surface area contributed by atoms with Gasteiger partial charge in [0.05, 0.1) is 27.5 Å². The average Bonchev–Trinajstić information content (AvgIpc) is 3.23. The Hall–Kier alpha value is -2.62.